The number of likely N-dealkylation sites (tertiary alicyclic amines) is 1. The third-order valence-electron chi connectivity index (χ3n) is 4.23. The maximum absolute atomic E-state index is 3.47. The fourth-order valence-electron chi connectivity index (χ4n) is 2.80. The molecular weight excluding hydrogens is 220 g/mol. The van der Waals surface area contributed by atoms with Gasteiger partial charge in [-0.05, 0) is 56.5 Å². The van der Waals surface area contributed by atoms with Crippen molar-refractivity contribution in [3.05, 3.63) is 34.9 Å². The highest BCUT2D eigenvalue weighted by Gasteiger charge is 2.21. The van der Waals surface area contributed by atoms with Gasteiger partial charge in [-0.15, -0.1) is 0 Å². The molecule has 0 radical (unpaired) electrons. The van der Waals surface area contributed by atoms with Gasteiger partial charge in [-0.25, -0.2) is 0 Å². The van der Waals surface area contributed by atoms with Crippen molar-refractivity contribution in [3.8, 4) is 0 Å². The lowest BCUT2D eigenvalue weighted by atomic mass is 10.0. The molecule has 0 bridgehead atoms. The largest absolute Gasteiger partial charge is 0.312 e. The monoisotopic (exact) mass is 246 g/mol. The van der Waals surface area contributed by atoms with Gasteiger partial charge in [0, 0.05) is 19.1 Å². The normalized spacial score (nSPS) is 22.3. The molecule has 18 heavy (non-hydrogen) atoms. The first-order valence-electron chi connectivity index (χ1n) is 7.07. The fraction of sp³-hybridized carbons (Fsp3) is 0.625. The van der Waals surface area contributed by atoms with Gasteiger partial charge in [-0.1, -0.05) is 25.1 Å². The first-order chi connectivity index (χ1) is 8.60. The Morgan fingerprint density at radius 1 is 1.33 bits per heavy atom. The van der Waals surface area contributed by atoms with Gasteiger partial charge in [0.05, 0.1) is 0 Å². The average Bonchev–Trinajstić information content (AvgIpc) is 2.75. The first-order valence-corrected chi connectivity index (χ1v) is 7.07. The maximum Gasteiger partial charge on any atom is 0.0446 e. The van der Waals surface area contributed by atoms with Crippen LogP contribution in [0.1, 0.15) is 36.1 Å². The van der Waals surface area contributed by atoms with Gasteiger partial charge in [0.25, 0.3) is 0 Å². The van der Waals surface area contributed by atoms with Crippen LogP contribution in [0.5, 0.6) is 0 Å². The second-order valence-electron chi connectivity index (χ2n) is 5.84. The van der Waals surface area contributed by atoms with Crippen LogP contribution < -0.4 is 5.32 Å². The van der Waals surface area contributed by atoms with Crippen LogP contribution >= 0.6 is 0 Å². The zero-order chi connectivity index (χ0) is 13.1. The predicted octanol–water partition coefficient (Wildman–Crippen LogP) is 2.91. The van der Waals surface area contributed by atoms with Crippen LogP contribution in [0, 0.1) is 19.8 Å². The quantitative estimate of drug-likeness (QED) is 0.879. The molecule has 1 saturated heterocycles. The van der Waals surface area contributed by atoms with E-state index in [0.717, 1.165) is 12.5 Å². The summed E-state index contributed by atoms with van der Waals surface area (Å²) < 4.78 is 0. The van der Waals surface area contributed by atoms with Crippen molar-refractivity contribution in [2.24, 2.45) is 5.92 Å². The summed E-state index contributed by atoms with van der Waals surface area (Å²) in [7, 11) is 2.07. The van der Waals surface area contributed by atoms with E-state index in [4.69, 9.17) is 0 Å². The van der Waals surface area contributed by atoms with Crippen LogP contribution in [0.3, 0.4) is 0 Å². The van der Waals surface area contributed by atoms with Crippen molar-refractivity contribution in [2.45, 2.75) is 33.2 Å². The number of nitrogens with one attached hydrogen (secondary N) is 1. The van der Waals surface area contributed by atoms with Crippen molar-refractivity contribution in [1.82, 2.24) is 10.2 Å². The number of aryl methyl sites for hydroxylation is 2. The van der Waals surface area contributed by atoms with Gasteiger partial charge >= 0.3 is 0 Å². The van der Waals surface area contributed by atoms with Gasteiger partial charge in [0.15, 0.2) is 0 Å². The molecule has 0 aliphatic carbocycles. The van der Waals surface area contributed by atoms with E-state index in [1.807, 2.05) is 0 Å². The van der Waals surface area contributed by atoms with Gasteiger partial charge in [0.1, 0.15) is 0 Å². The molecule has 2 unspecified atom stereocenters. The molecule has 2 nitrogen and oxygen atoms in total. The molecule has 1 aliphatic heterocycles. The lowest BCUT2D eigenvalue weighted by molar-refractivity contribution is 0.291. The van der Waals surface area contributed by atoms with Crippen molar-refractivity contribution in [1.29, 1.82) is 0 Å². The Morgan fingerprint density at radius 3 is 2.67 bits per heavy atom. The van der Waals surface area contributed by atoms with Crippen molar-refractivity contribution >= 4 is 0 Å². The van der Waals surface area contributed by atoms with Crippen LogP contribution in [0.15, 0.2) is 18.2 Å². The Hall–Kier alpha value is -0.860. The van der Waals surface area contributed by atoms with E-state index in [9.17, 15) is 0 Å². The molecule has 2 heteroatoms. The molecule has 1 heterocycles. The summed E-state index contributed by atoms with van der Waals surface area (Å²) >= 11 is 0. The van der Waals surface area contributed by atoms with E-state index in [0.29, 0.717) is 6.04 Å². The van der Waals surface area contributed by atoms with Gasteiger partial charge in [0.2, 0.25) is 0 Å². The van der Waals surface area contributed by atoms with Gasteiger partial charge in [-0.2, -0.15) is 0 Å². The van der Waals surface area contributed by atoms with Crippen LogP contribution in [0.2, 0.25) is 0 Å². The summed E-state index contributed by atoms with van der Waals surface area (Å²) in [5.74, 6) is 0.863. The van der Waals surface area contributed by atoms with Crippen molar-refractivity contribution < 1.29 is 0 Å². The zero-order valence-electron chi connectivity index (χ0n) is 12.2. The fourth-order valence-corrected chi connectivity index (χ4v) is 2.80. The van der Waals surface area contributed by atoms with Crippen LogP contribution in [-0.4, -0.2) is 31.6 Å². The second-order valence-corrected chi connectivity index (χ2v) is 5.84. The Kier molecular flexibility index (Phi) is 4.41. The minimum Gasteiger partial charge on any atom is -0.312 e. The van der Waals surface area contributed by atoms with E-state index in [1.165, 1.54) is 36.2 Å². The summed E-state index contributed by atoms with van der Waals surface area (Å²) in [6.45, 7) is 10.4. The Balaban J connectivity index is 2.05. The highest BCUT2D eigenvalue weighted by molar-refractivity contribution is 5.31. The molecule has 1 aromatic rings. The standard InChI is InChI=1S/C16H26N2/c1-12-7-8-18(10-12)11-16(17-4)15-6-5-13(2)14(3)9-15/h5-6,9,12,16-17H,7-8,10-11H2,1-4H3. The SMILES string of the molecule is CNC(CN1CCC(C)C1)c1ccc(C)c(C)c1. The predicted molar refractivity (Wildman–Crippen MR) is 77.9 cm³/mol. The maximum atomic E-state index is 3.47. The molecule has 2 atom stereocenters. The molecule has 1 N–H and O–H groups in total. The summed E-state index contributed by atoms with van der Waals surface area (Å²) in [5, 5.41) is 3.47. The van der Waals surface area contributed by atoms with Crippen LogP contribution in [0.4, 0.5) is 0 Å². The third kappa shape index (κ3) is 3.12. The number of rotatable bonds is 4. The Labute approximate surface area is 111 Å². The molecule has 0 spiro atoms. The number of hydrogen-bond donors (Lipinski definition) is 1. The van der Waals surface area contributed by atoms with E-state index in [1.54, 1.807) is 0 Å². The highest BCUT2D eigenvalue weighted by Crippen LogP contribution is 2.21. The van der Waals surface area contributed by atoms with E-state index in [-0.39, 0.29) is 0 Å². The Morgan fingerprint density at radius 2 is 2.11 bits per heavy atom. The summed E-state index contributed by atoms with van der Waals surface area (Å²) in [5.41, 5.74) is 4.19. The smallest absolute Gasteiger partial charge is 0.0446 e. The van der Waals surface area contributed by atoms with Crippen LogP contribution in [0.25, 0.3) is 0 Å². The number of likely N-dealkylation sites (N-methyl/N-ethyl adjacent to an activating group) is 1. The Bertz CT molecular complexity index is 400. The number of hydrogen-bond acceptors (Lipinski definition) is 2. The molecule has 2 rings (SSSR count). The van der Waals surface area contributed by atoms with Crippen molar-refractivity contribution in [3.63, 3.8) is 0 Å². The molecule has 0 saturated carbocycles. The minimum absolute atomic E-state index is 0.453. The van der Waals surface area contributed by atoms with Gasteiger partial charge in [-0.3, -0.25) is 0 Å². The minimum atomic E-state index is 0.453. The van der Waals surface area contributed by atoms with Crippen LogP contribution in [-0.2, 0) is 0 Å². The third-order valence-corrected chi connectivity index (χ3v) is 4.23. The molecule has 0 amide bonds. The first kappa shape index (κ1) is 13.6. The summed E-state index contributed by atoms with van der Waals surface area (Å²) in [6, 6.07) is 7.29. The molecule has 100 valence electrons. The second kappa shape index (κ2) is 5.85. The summed E-state index contributed by atoms with van der Waals surface area (Å²) in [6.07, 6.45) is 1.35. The molecular formula is C16H26N2. The van der Waals surface area contributed by atoms with Gasteiger partial charge < -0.3 is 10.2 Å². The molecule has 1 aliphatic rings. The lowest BCUT2D eigenvalue weighted by Gasteiger charge is -2.24. The number of nitrogens with zero attached hydrogens (tertiary/aromatic N) is 1. The topological polar surface area (TPSA) is 15.3 Å². The van der Waals surface area contributed by atoms with E-state index < -0.39 is 0 Å². The lowest BCUT2D eigenvalue weighted by Crippen LogP contribution is -2.32. The van der Waals surface area contributed by atoms with E-state index >= 15 is 0 Å². The molecule has 0 aromatic heterocycles. The molecule has 1 aromatic carbocycles. The van der Waals surface area contributed by atoms with E-state index in [2.05, 4.69) is 56.2 Å². The number of benzene rings is 1. The molecule has 1 fully saturated rings. The van der Waals surface area contributed by atoms with Crippen molar-refractivity contribution in [2.75, 3.05) is 26.7 Å². The zero-order valence-corrected chi connectivity index (χ0v) is 12.2. The highest BCUT2D eigenvalue weighted by atomic mass is 15.2. The summed E-state index contributed by atoms with van der Waals surface area (Å²) in [4.78, 5) is 2.58. The average molecular weight is 246 g/mol.